The van der Waals surface area contributed by atoms with Crippen molar-refractivity contribution in [3.05, 3.63) is 36.0 Å². The first-order valence-corrected chi connectivity index (χ1v) is 7.14. The summed E-state index contributed by atoms with van der Waals surface area (Å²) in [6, 6.07) is 0. The fourth-order valence-electron chi connectivity index (χ4n) is 2.00. The van der Waals surface area contributed by atoms with E-state index in [-0.39, 0.29) is 18.8 Å². The molecule has 5 nitrogen and oxygen atoms in total. The highest BCUT2D eigenvalue weighted by molar-refractivity contribution is 6.14. The molecular weight excluding hydrogens is 272 g/mol. The first-order chi connectivity index (χ1) is 10.1. The molecular formula is C16H22O5. The van der Waals surface area contributed by atoms with E-state index in [1.54, 1.807) is 13.8 Å². The Morgan fingerprint density at radius 3 is 2.10 bits per heavy atom. The Morgan fingerprint density at radius 1 is 1.05 bits per heavy atom. The van der Waals surface area contributed by atoms with Gasteiger partial charge in [-0.05, 0) is 32.9 Å². The standard InChI is InChI=1S/C16H22O5/c1-4-19-14(17)13(15(18)20-5-2)12-16(21-6-3)10-8-7-9-11-16/h7-10,12H,4-6,11H2,1-3H3. The minimum absolute atomic E-state index is 0.132. The topological polar surface area (TPSA) is 61.8 Å². The predicted molar refractivity (Wildman–Crippen MR) is 78.6 cm³/mol. The van der Waals surface area contributed by atoms with Gasteiger partial charge in [-0.2, -0.15) is 0 Å². The molecule has 0 aliphatic heterocycles. The quantitative estimate of drug-likeness (QED) is 0.312. The summed E-state index contributed by atoms with van der Waals surface area (Å²) in [6.45, 7) is 6.05. The summed E-state index contributed by atoms with van der Waals surface area (Å²) < 4.78 is 15.6. The summed E-state index contributed by atoms with van der Waals surface area (Å²) in [5.74, 6) is -1.39. The van der Waals surface area contributed by atoms with Gasteiger partial charge in [0, 0.05) is 13.0 Å². The van der Waals surface area contributed by atoms with Crippen molar-refractivity contribution in [2.75, 3.05) is 19.8 Å². The van der Waals surface area contributed by atoms with Gasteiger partial charge in [-0.1, -0.05) is 18.2 Å². The first-order valence-electron chi connectivity index (χ1n) is 7.14. The van der Waals surface area contributed by atoms with E-state index < -0.39 is 17.5 Å². The SMILES string of the molecule is CCOC(=O)C(=CC1(OCC)C=CC=CC1)C(=O)OCC. The van der Waals surface area contributed by atoms with E-state index in [0.717, 1.165) is 0 Å². The second kappa shape index (κ2) is 8.42. The average Bonchev–Trinajstić information content (AvgIpc) is 2.46. The molecule has 1 unspecified atom stereocenters. The summed E-state index contributed by atoms with van der Waals surface area (Å²) in [7, 11) is 0. The van der Waals surface area contributed by atoms with E-state index in [4.69, 9.17) is 14.2 Å². The van der Waals surface area contributed by atoms with Gasteiger partial charge in [-0.3, -0.25) is 0 Å². The second-order valence-corrected chi connectivity index (χ2v) is 4.38. The van der Waals surface area contributed by atoms with Gasteiger partial charge in [0.1, 0.15) is 11.2 Å². The molecule has 1 atom stereocenters. The number of hydrogen-bond acceptors (Lipinski definition) is 5. The van der Waals surface area contributed by atoms with Crippen LogP contribution in [0.3, 0.4) is 0 Å². The highest BCUT2D eigenvalue weighted by Crippen LogP contribution is 2.26. The van der Waals surface area contributed by atoms with Crippen LogP contribution in [0.1, 0.15) is 27.2 Å². The number of carbonyl (C=O) groups is 2. The maximum Gasteiger partial charge on any atom is 0.345 e. The maximum absolute atomic E-state index is 12.0. The van der Waals surface area contributed by atoms with Crippen LogP contribution in [0.15, 0.2) is 36.0 Å². The van der Waals surface area contributed by atoms with Crippen molar-refractivity contribution in [3.63, 3.8) is 0 Å². The maximum atomic E-state index is 12.0. The molecule has 1 rings (SSSR count). The number of rotatable bonds is 7. The van der Waals surface area contributed by atoms with Gasteiger partial charge in [0.05, 0.1) is 13.2 Å². The number of hydrogen-bond donors (Lipinski definition) is 0. The lowest BCUT2D eigenvalue weighted by atomic mass is 9.92. The van der Waals surface area contributed by atoms with Crippen LogP contribution in [0.5, 0.6) is 0 Å². The first kappa shape index (κ1) is 17.2. The number of esters is 2. The van der Waals surface area contributed by atoms with Gasteiger partial charge in [0.2, 0.25) is 0 Å². The lowest BCUT2D eigenvalue weighted by Crippen LogP contribution is -2.31. The highest BCUT2D eigenvalue weighted by atomic mass is 16.6. The van der Waals surface area contributed by atoms with Crippen molar-refractivity contribution in [2.45, 2.75) is 32.8 Å². The van der Waals surface area contributed by atoms with Gasteiger partial charge in [0.15, 0.2) is 0 Å². The summed E-state index contributed by atoms with van der Waals surface area (Å²) in [6.07, 6.45) is 9.48. The van der Waals surface area contributed by atoms with Gasteiger partial charge in [0.25, 0.3) is 0 Å². The minimum atomic E-state index is -0.821. The van der Waals surface area contributed by atoms with Crippen LogP contribution in [0, 0.1) is 0 Å². The zero-order chi connectivity index (χ0) is 15.7. The van der Waals surface area contributed by atoms with Crippen molar-refractivity contribution in [2.24, 2.45) is 0 Å². The van der Waals surface area contributed by atoms with Gasteiger partial charge in [-0.15, -0.1) is 0 Å². The lowest BCUT2D eigenvalue weighted by molar-refractivity contribution is -0.146. The van der Waals surface area contributed by atoms with Crippen LogP contribution in [0.4, 0.5) is 0 Å². The van der Waals surface area contributed by atoms with Crippen molar-refractivity contribution < 1.29 is 23.8 Å². The fourth-order valence-corrected chi connectivity index (χ4v) is 2.00. The largest absolute Gasteiger partial charge is 0.462 e. The summed E-state index contributed by atoms with van der Waals surface area (Å²) in [5, 5.41) is 0. The Kier molecular flexibility index (Phi) is 6.88. The van der Waals surface area contributed by atoms with E-state index in [1.165, 1.54) is 6.08 Å². The van der Waals surface area contributed by atoms with E-state index in [1.807, 2.05) is 31.2 Å². The predicted octanol–water partition coefficient (Wildman–Crippen LogP) is 2.33. The van der Waals surface area contributed by atoms with Crippen LogP contribution >= 0.6 is 0 Å². The molecule has 1 aliphatic rings. The molecule has 0 amide bonds. The molecule has 116 valence electrons. The smallest absolute Gasteiger partial charge is 0.345 e. The van der Waals surface area contributed by atoms with Crippen LogP contribution in [0.2, 0.25) is 0 Å². The Morgan fingerprint density at radius 2 is 1.67 bits per heavy atom. The molecule has 0 aromatic heterocycles. The number of ether oxygens (including phenoxy) is 3. The molecule has 0 radical (unpaired) electrons. The van der Waals surface area contributed by atoms with Crippen molar-refractivity contribution in [1.29, 1.82) is 0 Å². The zero-order valence-corrected chi connectivity index (χ0v) is 12.8. The van der Waals surface area contributed by atoms with Gasteiger partial charge >= 0.3 is 11.9 Å². The number of allylic oxidation sites excluding steroid dienone is 2. The Balaban J connectivity index is 3.13. The van der Waals surface area contributed by atoms with Crippen molar-refractivity contribution in [3.8, 4) is 0 Å². The van der Waals surface area contributed by atoms with Crippen LogP contribution in [0.25, 0.3) is 0 Å². The molecule has 0 saturated carbocycles. The van der Waals surface area contributed by atoms with E-state index in [0.29, 0.717) is 13.0 Å². The van der Waals surface area contributed by atoms with Crippen molar-refractivity contribution in [1.82, 2.24) is 0 Å². The third kappa shape index (κ3) is 4.86. The zero-order valence-electron chi connectivity index (χ0n) is 12.8. The molecule has 5 heteroatoms. The molecule has 0 N–H and O–H groups in total. The molecule has 1 aliphatic carbocycles. The van der Waals surface area contributed by atoms with E-state index >= 15 is 0 Å². The van der Waals surface area contributed by atoms with Crippen LogP contribution in [-0.4, -0.2) is 37.4 Å². The summed E-state index contributed by atoms with van der Waals surface area (Å²) in [5.41, 5.74) is -0.953. The molecule has 0 saturated heterocycles. The highest BCUT2D eigenvalue weighted by Gasteiger charge is 2.31. The average molecular weight is 294 g/mol. The number of carbonyl (C=O) groups excluding carboxylic acids is 2. The lowest BCUT2D eigenvalue weighted by Gasteiger charge is -2.28. The third-order valence-electron chi connectivity index (χ3n) is 2.85. The summed E-state index contributed by atoms with van der Waals surface area (Å²) in [4.78, 5) is 24.0. The monoisotopic (exact) mass is 294 g/mol. The molecule has 0 fully saturated rings. The van der Waals surface area contributed by atoms with E-state index in [2.05, 4.69) is 0 Å². The van der Waals surface area contributed by atoms with Gasteiger partial charge < -0.3 is 14.2 Å². The summed E-state index contributed by atoms with van der Waals surface area (Å²) >= 11 is 0. The molecule has 0 aromatic carbocycles. The van der Waals surface area contributed by atoms with Crippen LogP contribution in [-0.2, 0) is 23.8 Å². The van der Waals surface area contributed by atoms with Crippen molar-refractivity contribution >= 4 is 11.9 Å². The molecule has 0 bridgehead atoms. The second-order valence-electron chi connectivity index (χ2n) is 4.38. The molecule has 0 heterocycles. The normalized spacial score (nSPS) is 20.0. The molecule has 0 spiro atoms. The van der Waals surface area contributed by atoms with Crippen LogP contribution < -0.4 is 0 Å². The van der Waals surface area contributed by atoms with Gasteiger partial charge in [-0.25, -0.2) is 9.59 Å². The Hall–Kier alpha value is -1.88. The molecule has 21 heavy (non-hydrogen) atoms. The van der Waals surface area contributed by atoms with E-state index in [9.17, 15) is 9.59 Å². The third-order valence-corrected chi connectivity index (χ3v) is 2.85. The minimum Gasteiger partial charge on any atom is -0.462 e. The Labute approximate surface area is 125 Å². The fraction of sp³-hybridized carbons (Fsp3) is 0.500. The Bertz CT molecular complexity index is 441. The molecule has 0 aromatic rings.